The van der Waals surface area contributed by atoms with Crippen molar-refractivity contribution in [3.8, 4) is 11.6 Å². The zero-order valence-electron chi connectivity index (χ0n) is 12.2. The van der Waals surface area contributed by atoms with Crippen molar-refractivity contribution in [2.75, 3.05) is 7.11 Å². The van der Waals surface area contributed by atoms with Crippen LogP contribution in [0.1, 0.15) is 10.5 Å². The van der Waals surface area contributed by atoms with Crippen LogP contribution in [0.2, 0.25) is 0 Å². The summed E-state index contributed by atoms with van der Waals surface area (Å²) in [6, 6.07) is 17.3. The average molecular weight is 489 g/mol. The molecule has 3 aromatic rings. The minimum absolute atomic E-state index is 0. The van der Waals surface area contributed by atoms with Gasteiger partial charge in [-0.2, -0.15) is 29.4 Å². The normalized spacial score (nSPS) is 9.09. The van der Waals surface area contributed by atoms with Gasteiger partial charge in [0.2, 0.25) is 5.88 Å². The number of para-hydroxylation sites is 1. The fraction of sp³-hybridized carbons (Fsp3) is 0.0625. The minimum Gasteiger partial charge on any atom is -0.481 e. The number of aromatic nitrogens is 3. The molecule has 0 unspecified atom stereocenters. The number of hydrogen-bond acceptors (Lipinski definition) is 4. The molecule has 1 N–H and O–H groups in total. The molecule has 1 aromatic carbocycles. The van der Waals surface area contributed by atoms with Crippen LogP contribution in [0, 0.1) is 6.07 Å². The Kier molecular flexibility index (Phi) is 7.66. The molecule has 2 aromatic heterocycles. The molecule has 0 fully saturated rings. The largest absolute Gasteiger partial charge is 0.481 e. The predicted octanol–water partition coefficient (Wildman–Crippen LogP) is 2.46. The number of hydrogen-bond donors (Lipinski definition) is 1. The second-order valence-electron chi connectivity index (χ2n) is 4.05. The first-order valence-corrected chi connectivity index (χ1v) is 6.42. The third kappa shape index (κ3) is 5.32. The zero-order chi connectivity index (χ0) is 15.8. The van der Waals surface area contributed by atoms with E-state index in [9.17, 15) is 4.79 Å². The van der Waals surface area contributed by atoms with Crippen molar-refractivity contribution in [3.63, 3.8) is 0 Å². The van der Waals surface area contributed by atoms with Crippen molar-refractivity contribution in [2.45, 2.75) is 0 Å². The molecular weight excluding hydrogens is 474 g/mol. The molecule has 0 amide bonds. The minimum atomic E-state index is -0.990. The molecule has 121 valence electrons. The number of nitrogens with zero attached hydrogens (tertiary/aromatic N) is 3. The van der Waals surface area contributed by atoms with Crippen LogP contribution in [0.15, 0.2) is 60.9 Å². The Bertz CT molecular complexity index is 718. The third-order valence-corrected chi connectivity index (χ3v) is 2.62. The number of benzene rings is 1. The molecule has 0 atom stereocenters. The van der Waals surface area contributed by atoms with Crippen molar-refractivity contribution in [1.29, 1.82) is 0 Å². The number of ether oxygens (including phenoxy) is 1. The van der Waals surface area contributed by atoms with Crippen LogP contribution in [0.4, 0.5) is 0 Å². The summed E-state index contributed by atoms with van der Waals surface area (Å²) in [6.07, 6.45) is 3.14. The fourth-order valence-electron chi connectivity index (χ4n) is 1.63. The molecule has 0 aliphatic rings. The maximum atomic E-state index is 10.1. The molecule has 0 spiro atoms. The van der Waals surface area contributed by atoms with Crippen molar-refractivity contribution in [3.05, 3.63) is 72.7 Å². The van der Waals surface area contributed by atoms with Crippen molar-refractivity contribution < 1.29 is 34.7 Å². The Labute approximate surface area is 147 Å². The topological polar surface area (TPSA) is 77.2 Å². The summed E-state index contributed by atoms with van der Waals surface area (Å²) >= 11 is 0. The molecule has 0 aliphatic heterocycles. The number of carboxylic acid groups (broad SMARTS) is 1. The Hall–Kier alpha value is -2.50. The average Bonchev–Trinajstić information content (AvgIpc) is 3.06. The molecule has 23 heavy (non-hydrogen) atoms. The summed E-state index contributed by atoms with van der Waals surface area (Å²) in [4.78, 5) is 13.7. The third-order valence-electron chi connectivity index (χ3n) is 2.62. The van der Waals surface area contributed by atoms with Gasteiger partial charge in [-0.05, 0) is 17.8 Å². The summed E-state index contributed by atoms with van der Waals surface area (Å²) in [7, 11) is 1.62. The van der Waals surface area contributed by atoms with E-state index < -0.39 is 5.97 Å². The summed E-state index contributed by atoms with van der Waals surface area (Å²) in [5.41, 5.74) is 0.960. The van der Waals surface area contributed by atoms with Gasteiger partial charge in [0.05, 0.1) is 13.3 Å². The number of rotatable bonds is 3. The summed E-state index contributed by atoms with van der Waals surface area (Å²) in [6.45, 7) is 0. The van der Waals surface area contributed by atoms with Gasteiger partial charge >= 0.3 is 5.97 Å². The second-order valence-corrected chi connectivity index (χ2v) is 4.05. The van der Waals surface area contributed by atoms with E-state index >= 15 is 0 Å². The fourth-order valence-corrected chi connectivity index (χ4v) is 1.63. The van der Waals surface area contributed by atoms with Crippen LogP contribution in [0.25, 0.3) is 5.69 Å². The molecule has 0 saturated carbocycles. The Morgan fingerprint density at radius 2 is 1.96 bits per heavy atom. The van der Waals surface area contributed by atoms with Crippen molar-refractivity contribution in [2.24, 2.45) is 0 Å². The maximum Gasteiger partial charge on any atom is 0.354 e. The van der Waals surface area contributed by atoms with Crippen LogP contribution in [-0.4, -0.2) is 33.0 Å². The van der Waals surface area contributed by atoms with Gasteiger partial charge in [0.25, 0.3) is 0 Å². The van der Waals surface area contributed by atoms with Crippen LogP contribution >= 0.6 is 0 Å². The summed E-state index contributed by atoms with van der Waals surface area (Å²) < 4.78 is 6.81. The first-order valence-electron chi connectivity index (χ1n) is 6.42. The van der Waals surface area contributed by atoms with Gasteiger partial charge in [0.1, 0.15) is 5.69 Å². The van der Waals surface area contributed by atoms with Crippen LogP contribution in [-0.2, 0) is 20.1 Å². The van der Waals surface area contributed by atoms with E-state index in [2.05, 4.69) is 16.1 Å². The van der Waals surface area contributed by atoms with E-state index in [4.69, 9.17) is 9.84 Å². The monoisotopic (exact) mass is 489 g/mol. The molecule has 6 nitrogen and oxygen atoms in total. The molecule has 3 rings (SSSR count). The number of methoxy groups -OCH3 is 1. The van der Waals surface area contributed by atoms with Gasteiger partial charge in [-0.1, -0.05) is 6.07 Å². The molecule has 0 bridgehead atoms. The van der Waals surface area contributed by atoms with E-state index in [1.807, 2.05) is 24.3 Å². The van der Waals surface area contributed by atoms with Gasteiger partial charge in [0.15, 0.2) is 0 Å². The number of carboxylic acids is 1. The molecule has 0 aliphatic carbocycles. The Morgan fingerprint density at radius 3 is 2.48 bits per heavy atom. The predicted molar refractivity (Wildman–Crippen MR) is 80.1 cm³/mol. The van der Waals surface area contributed by atoms with Gasteiger partial charge in [-0.25, -0.2) is 14.5 Å². The molecule has 1 radical (unpaired) electrons. The van der Waals surface area contributed by atoms with E-state index in [1.54, 1.807) is 36.2 Å². The van der Waals surface area contributed by atoms with E-state index in [0.29, 0.717) is 5.88 Å². The molecule has 7 heteroatoms. The Morgan fingerprint density at radius 1 is 1.17 bits per heavy atom. The van der Waals surface area contributed by atoms with Crippen LogP contribution in [0.3, 0.4) is 0 Å². The molecule has 2 heterocycles. The zero-order valence-corrected chi connectivity index (χ0v) is 14.6. The van der Waals surface area contributed by atoms with Crippen LogP contribution in [0.5, 0.6) is 5.88 Å². The van der Waals surface area contributed by atoms with Crippen LogP contribution < -0.4 is 4.74 Å². The summed E-state index contributed by atoms with van der Waals surface area (Å²) in [5.74, 6) is -0.280. The number of carbonyl (C=O) groups is 1. The SMILES string of the molecule is COc1ccnn1-c1[c-]cccc1.O=C(O)c1ccccn1.[Ir]. The second kappa shape index (κ2) is 9.50. The molecule has 0 saturated heterocycles. The van der Waals surface area contributed by atoms with E-state index in [-0.39, 0.29) is 25.8 Å². The van der Waals surface area contributed by atoms with Crippen molar-refractivity contribution in [1.82, 2.24) is 14.8 Å². The first kappa shape index (κ1) is 18.5. The smallest absolute Gasteiger partial charge is 0.354 e. The van der Waals surface area contributed by atoms with E-state index in [0.717, 1.165) is 5.69 Å². The first-order chi connectivity index (χ1) is 10.7. The van der Waals surface area contributed by atoms with Gasteiger partial charge in [-0.3, -0.25) is 0 Å². The maximum absolute atomic E-state index is 10.1. The number of aromatic carboxylic acids is 1. The summed E-state index contributed by atoms with van der Waals surface area (Å²) in [5, 5.41) is 12.4. The van der Waals surface area contributed by atoms with Crippen molar-refractivity contribution >= 4 is 5.97 Å². The van der Waals surface area contributed by atoms with E-state index in [1.165, 1.54) is 12.3 Å². The van der Waals surface area contributed by atoms with Gasteiger partial charge in [-0.15, -0.1) is 6.07 Å². The molecular formula is C16H14IrN3O3-. The van der Waals surface area contributed by atoms with Gasteiger partial charge in [0, 0.05) is 32.4 Å². The standard InChI is InChI=1S/C10H9N2O.C6H5NO2.Ir/c1-13-10-7-8-11-12(10)9-5-3-2-4-6-9;8-6(9)5-3-1-2-4-7-5;/h2-5,7-8H,1H3;1-4H,(H,8,9);/q-1;;. The number of pyridine rings is 1. The van der Waals surface area contributed by atoms with Gasteiger partial charge < -0.3 is 9.84 Å². The Balaban J connectivity index is 0.000000235. The quantitative estimate of drug-likeness (QED) is 0.574.